The van der Waals surface area contributed by atoms with E-state index < -0.39 is 5.82 Å². The highest BCUT2D eigenvalue weighted by Crippen LogP contribution is 2.19. The Morgan fingerprint density at radius 2 is 2.00 bits per heavy atom. The number of halogens is 1. The number of aromatic nitrogens is 1. The van der Waals surface area contributed by atoms with Crippen LogP contribution in [0, 0.1) is 5.82 Å². The molecule has 1 aliphatic heterocycles. The van der Waals surface area contributed by atoms with Crippen LogP contribution >= 0.6 is 0 Å². The van der Waals surface area contributed by atoms with Gasteiger partial charge in [0.05, 0.1) is 12.3 Å². The van der Waals surface area contributed by atoms with Crippen LogP contribution in [0.3, 0.4) is 0 Å². The van der Waals surface area contributed by atoms with Crippen molar-refractivity contribution in [2.24, 2.45) is 0 Å². The van der Waals surface area contributed by atoms with Crippen molar-refractivity contribution in [2.75, 3.05) is 25.0 Å². The number of ether oxygens (including phenoxy) is 1. The van der Waals surface area contributed by atoms with E-state index in [1.165, 1.54) is 12.3 Å². The minimum atomic E-state index is -0.396. The van der Waals surface area contributed by atoms with E-state index in [4.69, 9.17) is 4.74 Å². The van der Waals surface area contributed by atoms with Gasteiger partial charge in [-0.2, -0.15) is 0 Å². The molecular formula is C20H23FN4O3. The van der Waals surface area contributed by atoms with Crippen LogP contribution in [-0.4, -0.2) is 47.6 Å². The summed E-state index contributed by atoms with van der Waals surface area (Å²) < 4.78 is 18.8. The molecule has 8 heteroatoms. The summed E-state index contributed by atoms with van der Waals surface area (Å²) in [6.07, 6.45) is 2.51. The highest BCUT2D eigenvalue weighted by Gasteiger charge is 2.24. The fourth-order valence-electron chi connectivity index (χ4n) is 3.03. The first-order chi connectivity index (χ1) is 13.6. The third-order valence-corrected chi connectivity index (χ3v) is 4.51. The number of pyridine rings is 1. The number of piperidine rings is 1. The second kappa shape index (κ2) is 9.16. The zero-order chi connectivity index (χ0) is 19.9. The van der Waals surface area contributed by atoms with Gasteiger partial charge in [-0.05, 0) is 44.0 Å². The molecule has 0 aliphatic carbocycles. The minimum Gasteiger partial charge on any atom is -0.450 e. The summed E-state index contributed by atoms with van der Waals surface area (Å²) in [7, 11) is 0. The number of nitrogens with one attached hydrogen (secondary N) is 2. The maximum absolute atomic E-state index is 13.8. The van der Waals surface area contributed by atoms with Gasteiger partial charge in [0.15, 0.2) is 0 Å². The zero-order valence-electron chi connectivity index (χ0n) is 15.7. The van der Waals surface area contributed by atoms with E-state index in [1.807, 2.05) is 0 Å². The molecule has 0 bridgehead atoms. The molecule has 3 rings (SSSR count). The standard InChI is InChI=1S/C20H23FN4O3/c1-2-28-20(27)25-11-8-15(9-12-25)23-19(26)14-7-10-22-18(13-14)24-17-6-4-3-5-16(17)21/h3-7,10,13,15H,2,8-9,11-12H2,1H3,(H,22,24)(H,23,26). The molecule has 1 fully saturated rings. The quantitative estimate of drug-likeness (QED) is 0.824. The molecule has 148 valence electrons. The fraction of sp³-hybridized carbons (Fsp3) is 0.350. The molecular weight excluding hydrogens is 363 g/mol. The van der Waals surface area contributed by atoms with Crippen molar-refractivity contribution in [2.45, 2.75) is 25.8 Å². The third-order valence-electron chi connectivity index (χ3n) is 4.51. The van der Waals surface area contributed by atoms with Crippen LogP contribution < -0.4 is 10.6 Å². The molecule has 1 aromatic carbocycles. The summed E-state index contributed by atoms with van der Waals surface area (Å²) in [4.78, 5) is 30.1. The maximum atomic E-state index is 13.8. The number of carbonyl (C=O) groups is 2. The van der Waals surface area contributed by atoms with Crippen molar-refractivity contribution in [3.05, 3.63) is 54.0 Å². The van der Waals surface area contributed by atoms with E-state index in [-0.39, 0.29) is 18.0 Å². The molecule has 0 saturated carbocycles. The Morgan fingerprint density at radius 3 is 2.71 bits per heavy atom. The Balaban J connectivity index is 1.57. The Labute approximate surface area is 162 Å². The lowest BCUT2D eigenvalue weighted by Crippen LogP contribution is -2.46. The number of nitrogens with zero attached hydrogens (tertiary/aromatic N) is 2. The van der Waals surface area contributed by atoms with Gasteiger partial charge in [-0.1, -0.05) is 12.1 Å². The first-order valence-corrected chi connectivity index (χ1v) is 9.27. The number of carbonyl (C=O) groups excluding carboxylic acids is 2. The summed E-state index contributed by atoms with van der Waals surface area (Å²) in [6.45, 7) is 3.20. The number of hydrogen-bond donors (Lipinski definition) is 2. The molecule has 2 N–H and O–H groups in total. The number of para-hydroxylation sites is 1. The molecule has 0 unspecified atom stereocenters. The molecule has 1 saturated heterocycles. The number of amides is 2. The van der Waals surface area contributed by atoms with Crippen molar-refractivity contribution in [1.82, 2.24) is 15.2 Å². The predicted octanol–water partition coefficient (Wildman–Crippen LogP) is 3.32. The normalized spacial score (nSPS) is 14.4. The van der Waals surface area contributed by atoms with Crippen LogP contribution in [0.1, 0.15) is 30.1 Å². The Hall–Kier alpha value is -3.16. The Morgan fingerprint density at radius 1 is 1.25 bits per heavy atom. The van der Waals surface area contributed by atoms with Crippen molar-refractivity contribution in [3.8, 4) is 0 Å². The topological polar surface area (TPSA) is 83.6 Å². The Kier molecular flexibility index (Phi) is 6.41. The van der Waals surface area contributed by atoms with Crippen LogP contribution in [0.4, 0.5) is 20.7 Å². The lowest BCUT2D eigenvalue weighted by Gasteiger charge is -2.31. The number of hydrogen-bond acceptors (Lipinski definition) is 5. The van der Waals surface area contributed by atoms with Crippen LogP contribution in [0.25, 0.3) is 0 Å². The van der Waals surface area contributed by atoms with Crippen LogP contribution in [0.15, 0.2) is 42.6 Å². The van der Waals surface area contributed by atoms with Crippen molar-refractivity contribution >= 4 is 23.5 Å². The second-order valence-corrected chi connectivity index (χ2v) is 6.47. The minimum absolute atomic E-state index is 0.0191. The van der Waals surface area contributed by atoms with E-state index in [1.54, 1.807) is 42.2 Å². The summed E-state index contributed by atoms with van der Waals surface area (Å²) in [5.41, 5.74) is 0.723. The number of rotatable bonds is 5. The summed E-state index contributed by atoms with van der Waals surface area (Å²) in [5.74, 6) is -0.240. The SMILES string of the molecule is CCOC(=O)N1CCC(NC(=O)c2ccnc(Nc3ccccc3F)c2)CC1. The highest BCUT2D eigenvalue weighted by molar-refractivity contribution is 5.95. The summed E-state index contributed by atoms with van der Waals surface area (Å²) in [6, 6.07) is 9.43. The van der Waals surface area contributed by atoms with Crippen LogP contribution in [0.2, 0.25) is 0 Å². The molecule has 28 heavy (non-hydrogen) atoms. The molecule has 2 amide bonds. The van der Waals surface area contributed by atoms with Crippen LogP contribution in [-0.2, 0) is 4.74 Å². The molecule has 0 radical (unpaired) electrons. The van der Waals surface area contributed by atoms with Gasteiger partial charge in [0.2, 0.25) is 0 Å². The van der Waals surface area contributed by atoms with Gasteiger partial charge in [-0.15, -0.1) is 0 Å². The van der Waals surface area contributed by atoms with E-state index in [0.29, 0.717) is 49.6 Å². The number of anilines is 2. The van der Waals surface area contributed by atoms with Gasteiger partial charge in [0, 0.05) is 30.9 Å². The molecule has 0 atom stereocenters. The third kappa shape index (κ3) is 4.97. The van der Waals surface area contributed by atoms with Gasteiger partial charge in [0.1, 0.15) is 11.6 Å². The lowest BCUT2D eigenvalue weighted by molar-refractivity contribution is 0.0860. The average molecular weight is 386 g/mol. The monoisotopic (exact) mass is 386 g/mol. The van der Waals surface area contributed by atoms with Crippen molar-refractivity contribution in [3.63, 3.8) is 0 Å². The fourth-order valence-corrected chi connectivity index (χ4v) is 3.03. The van der Waals surface area contributed by atoms with Crippen molar-refractivity contribution < 1.29 is 18.7 Å². The molecule has 1 aliphatic rings. The molecule has 7 nitrogen and oxygen atoms in total. The Bertz CT molecular complexity index is 838. The lowest BCUT2D eigenvalue weighted by atomic mass is 10.0. The highest BCUT2D eigenvalue weighted by atomic mass is 19.1. The van der Waals surface area contributed by atoms with E-state index in [2.05, 4.69) is 15.6 Å². The second-order valence-electron chi connectivity index (χ2n) is 6.47. The maximum Gasteiger partial charge on any atom is 0.409 e. The van der Waals surface area contributed by atoms with Gasteiger partial charge >= 0.3 is 6.09 Å². The first kappa shape index (κ1) is 19.6. The average Bonchev–Trinajstić information content (AvgIpc) is 2.71. The van der Waals surface area contributed by atoms with E-state index >= 15 is 0 Å². The largest absolute Gasteiger partial charge is 0.450 e. The molecule has 2 heterocycles. The van der Waals surface area contributed by atoms with Gasteiger partial charge in [-0.3, -0.25) is 4.79 Å². The van der Waals surface area contributed by atoms with E-state index in [9.17, 15) is 14.0 Å². The predicted molar refractivity (Wildman–Crippen MR) is 103 cm³/mol. The van der Waals surface area contributed by atoms with Gasteiger partial charge in [-0.25, -0.2) is 14.2 Å². The molecule has 2 aromatic rings. The van der Waals surface area contributed by atoms with Gasteiger partial charge < -0.3 is 20.3 Å². The summed E-state index contributed by atoms with van der Waals surface area (Å²) >= 11 is 0. The summed E-state index contributed by atoms with van der Waals surface area (Å²) in [5, 5.41) is 5.86. The van der Waals surface area contributed by atoms with E-state index in [0.717, 1.165) is 0 Å². The zero-order valence-corrected chi connectivity index (χ0v) is 15.7. The first-order valence-electron chi connectivity index (χ1n) is 9.27. The van der Waals surface area contributed by atoms with Crippen LogP contribution in [0.5, 0.6) is 0 Å². The molecule has 1 aromatic heterocycles. The number of benzene rings is 1. The number of likely N-dealkylation sites (tertiary alicyclic amines) is 1. The smallest absolute Gasteiger partial charge is 0.409 e. The molecule has 0 spiro atoms. The van der Waals surface area contributed by atoms with Crippen molar-refractivity contribution in [1.29, 1.82) is 0 Å². The van der Waals surface area contributed by atoms with Gasteiger partial charge in [0.25, 0.3) is 5.91 Å².